The van der Waals surface area contributed by atoms with Crippen molar-refractivity contribution in [2.24, 2.45) is 0 Å². The average Bonchev–Trinajstić information content (AvgIpc) is 2.46. The second-order valence-corrected chi connectivity index (χ2v) is 4.89. The van der Waals surface area contributed by atoms with Crippen molar-refractivity contribution in [1.29, 1.82) is 0 Å². The summed E-state index contributed by atoms with van der Waals surface area (Å²) in [5.74, 6) is -0.0419. The first kappa shape index (κ1) is 16.5. The zero-order valence-corrected chi connectivity index (χ0v) is 12.7. The predicted octanol–water partition coefficient (Wildman–Crippen LogP) is 3.05. The standard InChI is InChI=1S/C16H26N2O2/c1-4-8-13(12-20-3)18-16(19)14-9-6-7-10-15(14)17-11-5-2/h6-7,9-10,13,17H,4-5,8,11-12H2,1-3H3,(H,18,19). The minimum atomic E-state index is -0.0419. The van der Waals surface area contributed by atoms with E-state index in [1.807, 2.05) is 24.3 Å². The van der Waals surface area contributed by atoms with Crippen molar-refractivity contribution in [3.8, 4) is 0 Å². The van der Waals surface area contributed by atoms with Gasteiger partial charge in [0.05, 0.1) is 18.2 Å². The summed E-state index contributed by atoms with van der Waals surface area (Å²) in [6.45, 7) is 5.61. The van der Waals surface area contributed by atoms with Crippen LogP contribution in [0, 0.1) is 0 Å². The fourth-order valence-electron chi connectivity index (χ4n) is 2.10. The molecule has 0 aromatic heterocycles. The van der Waals surface area contributed by atoms with Gasteiger partial charge in [0.15, 0.2) is 0 Å². The summed E-state index contributed by atoms with van der Waals surface area (Å²) in [5.41, 5.74) is 1.58. The van der Waals surface area contributed by atoms with Gasteiger partial charge in [-0.05, 0) is 25.0 Å². The van der Waals surface area contributed by atoms with E-state index in [-0.39, 0.29) is 11.9 Å². The number of hydrogen-bond acceptors (Lipinski definition) is 3. The van der Waals surface area contributed by atoms with Gasteiger partial charge in [0, 0.05) is 19.3 Å². The SMILES string of the molecule is CCCNc1ccccc1C(=O)NC(CCC)COC. The van der Waals surface area contributed by atoms with Crippen molar-refractivity contribution in [2.45, 2.75) is 39.2 Å². The fourth-order valence-corrected chi connectivity index (χ4v) is 2.10. The molecule has 0 aliphatic heterocycles. The predicted molar refractivity (Wildman–Crippen MR) is 83.3 cm³/mol. The zero-order valence-electron chi connectivity index (χ0n) is 12.7. The lowest BCUT2D eigenvalue weighted by Gasteiger charge is -2.18. The Hall–Kier alpha value is -1.55. The third kappa shape index (κ3) is 5.21. The van der Waals surface area contributed by atoms with Gasteiger partial charge in [-0.1, -0.05) is 32.4 Å². The number of nitrogens with one attached hydrogen (secondary N) is 2. The number of hydrogen-bond donors (Lipinski definition) is 2. The van der Waals surface area contributed by atoms with Crippen LogP contribution in [0.3, 0.4) is 0 Å². The molecule has 0 saturated carbocycles. The lowest BCUT2D eigenvalue weighted by atomic mass is 10.1. The minimum absolute atomic E-state index is 0.0419. The number of amides is 1. The topological polar surface area (TPSA) is 50.4 Å². The van der Waals surface area contributed by atoms with E-state index < -0.39 is 0 Å². The van der Waals surface area contributed by atoms with Gasteiger partial charge < -0.3 is 15.4 Å². The molecule has 1 rings (SSSR count). The summed E-state index contributed by atoms with van der Waals surface area (Å²) in [6, 6.07) is 7.68. The van der Waals surface area contributed by atoms with Gasteiger partial charge in [-0.15, -0.1) is 0 Å². The molecule has 1 unspecified atom stereocenters. The maximum atomic E-state index is 12.4. The molecule has 0 spiro atoms. The number of para-hydroxylation sites is 1. The molecular formula is C16H26N2O2. The van der Waals surface area contributed by atoms with E-state index in [1.165, 1.54) is 0 Å². The van der Waals surface area contributed by atoms with Crippen LogP contribution in [0.15, 0.2) is 24.3 Å². The Balaban J connectivity index is 2.74. The normalized spacial score (nSPS) is 11.9. The summed E-state index contributed by atoms with van der Waals surface area (Å²) in [5, 5.41) is 6.34. The molecule has 1 aromatic rings. The van der Waals surface area contributed by atoms with Crippen LogP contribution in [0.1, 0.15) is 43.5 Å². The second kappa shape index (κ2) is 9.37. The van der Waals surface area contributed by atoms with E-state index in [2.05, 4.69) is 24.5 Å². The highest BCUT2D eigenvalue weighted by molar-refractivity contribution is 5.99. The van der Waals surface area contributed by atoms with E-state index in [0.717, 1.165) is 31.5 Å². The van der Waals surface area contributed by atoms with Crippen LogP contribution < -0.4 is 10.6 Å². The van der Waals surface area contributed by atoms with Gasteiger partial charge in [0.1, 0.15) is 0 Å². The van der Waals surface area contributed by atoms with Gasteiger partial charge >= 0.3 is 0 Å². The zero-order chi connectivity index (χ0) is 14.8. The molecule has 1 atom stereocenters. The number of benzene rings is 1. The van der Waals surface area contributed by atoms with Crippen molar-refractivity contribution >= 4 is 11.6 Å². The van der Waals surface area contributed by atoms with Gasteiger partial charge in [-0.3, -0.25) is 4.79 Å². The Bertz CT molecular complexity index is 401. The maximum Gasteiger partial charge on any atom is 0.253 e. The molecule has 0 saturated heterocycles. The lowest BCUT2D eigenvalue weighted by Crippen LogP contribution is -2.38. The molecule has 4 heteroatoms. The Morgan fingerprint density at radius 1 is 1.25 bits per heavy atom. The Kier molecular flexibility index (Phi) is 7.73. The number of rotatable bonds is 9. The van der Waals surface area contributed by atoms with Crippen molar-refractivity contribution in [3.63, 3.8) is 0 Å². The maximum absolute atomic E-state index is 12.4. The van der Waals surface area contributed by atoms with Gasteiger partial charge in [0.2, 0.25) is 0 Å². The first-order chi connectivity index (χ1) is 9.72. The molecule has 0 radical (unpaired) electrons. The summed E-state index contributed by atoms with van der Waals surface area (Å²) in [7, 11) is 1.66. The van der Waals surface area contributed by atoms with Crippen LogP contribution in [0.5, 0.6) is 0 Å². The van der Waals surface area contributed by atoms with Gasteiger partial charge in [-0.2, -0.15) is 0 Å². The molecule has 112 valence electrons. The fraction of sp³-hybridized carbons (Fsp3) is 0.562. The largest absolute Gasteiger partial charge is 0.384 e. The quantitative estimate of drug-likeness (QED) is 0.730. The highest BCUT2D eigenvalue weighted by Crippen LogP contribution is 2.15. The Labute approximate surface area is 121 Å². The van der Waals surface area contributed by atoms with Crippen molar-refractivity contribution in [2.75, 3.05) is 25.6 Å². The molecular weight excluding hydrogens is 252 g/mol. The van der Waals surface area contributed by atoms with Crippen LogP contribution in [0.2, 0.25) is 0 Å². The van der Waals surface area contributed by atoms with E-state index in [0.29, 0.717) is 12.2 Å². The van der Waals surface area contributed by atoms with Crippen LogP contribution >= 0.6 is 0 Å². The molecule has 2 N–H and O–H groups in total. The van der Waals surface area contributed by atoms with Crippen LogP contribution in [-0.4, -0.2) is 32.2 Å². The number of ether oxygens (including phenoxy) is 1. The summed E-state index contributed by atoms with van der Waals surface area (Å²) < 4.78 is 5.16. The first-order valence-corrected chi connectivity index (χ1v) is 7.35. The third-order valence-corrected chi connectivity index (χ3v) is 3.08. The van der Waals surface area contributed by atoms with E-state index in [1.54, 1.807) is 7.11 Å². The Morgan fingerprint density at radius 3 is 2.65 bits per heavy atom. The molecule has 0 aliphatic carbocycles. The third-order valence-electron chi connectivity index (χ3n) is 3.08. The molecule has 0 heterocycles. The molecule has 20 heavy (non-hydrogen) atoms. The first-order valence-electron chi connectivity index (χ1n) is 7.35. The lowest BCUT2D eigenvalue weighted by molar-refractivity contribution is 0.0892. The summed E-state index contributed by atoms with van der Waals surface area (Å²) >= 11 is 0. The molecule has 1 amide bonds. The molecule has 0 bridgehead atoms. The number of carbonyl (C=O) groups is 1. The molecule has 1 aromatic carbocycles. The Morgan fingerprint density at radius 2 is 2.00 bits per heavy atom. The molecule has 0 fully saturated rings. The van der Waals surface area contributed by atoms with Crippen molar-refractivity contribution < 1.29 is 9.53 Å². The minimum Gasteiger partial charge on any atom is -0.384 e. The number of anilines is 1. The van der Waals surface area contributed by atoms with Crippen LogP contribution in [-0.2, 0) is 4.74 Å². The summed E-state index contributed by atoms with van der Waals surface area (Å²) in [4.78, 5) is 12.4. The smallest absolute Gasteiger partial charge is 0.253 e. The monoisotopic (exact) mass is 278 g/mol. The highest BCUT2D eigenvalue weighted by atomic mass is 16.5. The second-order valence-electron chi connectivity index (χ2n) is 4.89. The number of methoxy groups -OCH3 is 1. The van der Waals surface area contributed by atoms with E-state index in [4.69, 9.17) is 4.74 Å². The van der Waals surface area contributed by atoms with Crippen LogP contribution in [0.25, 0.3) is 0 Å². The average molecular weight is 278 g/mol. The van der Waals surface area contributed by atoms with Gasteiger partial charge in [0.25, 0.3) is 5.91 Å². The van der Waals surface area contributed by atoms with Crippen molar-refractivity contribution in [1.82, 2.24) is 5.32 Å². The summed E-state index contributed by atoms with van der Waals surface area (Å²) in [6.07, 6.45) is 2.96. The van der Waals surface area contributed by atoms with E-state index >= 15 is 0 Å². The highest BCUT2D eigenvalue weighted by Gasteiger charge is 2.15. The van der Waals surface area contributed by atoms with E-state index in [9.17, 15) is 4.79 Å². The van der Waals surface area contributed by atoms with Crippen LogP contribution in [0.4, 0.5) is 5.69 Å². The van der Waals surface area contributed by atoms with Crippen molar-refractivity contribution in [3.05, 3.63) is 29.8 Å². The molecule has 4 nitrogen and oxygen atoms in total. The molecule has 0 aliphatic rings. The number of carbonyl (C=O) groups excluding carboxylic acids is 1. The van der Waals surface area contributed by atoms with Gasteiger partial charge in [-0.25, -0.2) is 0 Å².